The SMILES string of the molecule is Cc1ccc(Br)cc1NS(=O)(=O)c1ccc(N)c(F)c1. The zero-order chi connectivity index (χ0) is 14.9. The zero-order valence-corrected chi connectivity index (χ0v) is 12.9. The maximum absolute atomic E-state index is 13.4. The molecule has 3 N–H and O–H groups in total. The minimum atomic E-state index is -3.86. The Bertz CT molecular complexity index is 763. The highest BCUT2D eigenvalue weighted by molar-refractivity contribution is 9.10. The molecule has 0 atom stereocenters. The first-order valence-corrected chi connectivity index (χ1v) is 7.91. The van der Waals surface area contributed by atoms with E-state index in [1.165, 1.54) is 12.1 Å². The van der Waals surface area contributed by atoms with Crippen molar-refractivity contribution >= 4 is 37.3 Å². The third-order valence-corrected chi connectivity index (χ3v) is 4.58. The van der Waals surface area contributed by atoms with Crippen molar-refractivity contribution in [3.8, 4) is 0 Å². The van der Waals surface area contributed by atoms with Gasteiger partial charge in [-0.1, -0.05) is 22.0 Å². The highest BCUT2D eigenvalue weighted by atomic mass is 79.9. The lowest BCUT2D eigenvalue weighted by atomic mass is 10.2. The van der Waals surface area contributed by atoms with E-state index in [1.54, 1.807) is 25.1 Å². The van der Waals surface area contributed by atoms with Gasteiger partial charge in [0.15, 0.2) is 0 Å². The first-order valence-electron chi connectivity index (χ1n) is 5.63. The summed E-state index contributed by atoms with van der Waals surface area (Å²) in [5.74, 6) is -0.765. The molecule has 0 bridgehead atoms. The van der Waals surface area contributed by atoms with Crippen molar-refractivity contribution in [3.63, 3.8) is 0 Å². The van der Waals surface area contributed by atoms with Gasteiger partial charge in [-0.15, -0.1) is 0 Å². The predicted molar refractivity (Wildman–Crippen MR) is 80.5 cm³/mol. The molecule has 0 spiro atoms. The molecule has 0 heterocycles. The lowest BCUT2D eigenvalue weighted by Crippen LogP contribution is -2.14. The molecule has 2 rings (SSSR count). The number of nitrogens with one attached hydrogen (secondary N) is 1. The topological polar surface area (TPSA) is 72.2 Å². The van der Waals surface area contributed by atoms with Gasteiger partial charge < -0.3 is 5.73 Å². The van der Waals surface area contributed by atoms with Crippen molar-refractivity contribution in [1.29, 1.82) is 0 Å². The van der Waals surface area contributed by atoms with Gasteiger partial charge in [-0.25, -0.2) is 12.8 Å². The quantitative estimate of drug-likeness (QED) is 0.827. The summed E-state index contributed by atoms with van der Waals surface area (Å²) >= 11 is 3.27. The third-order valence-electron chi connectivity index (χ3n) is 2.73. The average Bonchev–Trinajstić information content (AvgIpc) is 2.36. The van der Waals surface area contributed by atoms with Crippen LogP contribution in [0.15, 0.2) is 45.8 Å². The minimum Gasteiger partial charge on any atom is -0.396 e. The number of benzene rings is 2. The summed E-state index contributed by atoms with van der Waals surface area (Å²) in [6.45, 7) is 1.77. The molecule has 106 valence electrons. The van der Waals surface area contributed by atoms with E-state index in [0.717, 1.165) is 16.1 Å². The van der Waals surface area contributed by atoms with Crippen LogP contribution in [0.25, 0.3) is 0 Å². The molecule has 0 fully saturated rings. The van der Waals surface area contributed by atoms with Gasteiger partial charge in [-0.05, 0) is 42.8 Å². The Hall–Kier alpha value is -1.60. The predicted octanol–water partition coefficient (Wildman–Crippen LogP) is 3.28. The molecule has 0 saturated heterocycles. The van der Waals surface area contributed by atoms with Crippen LogP contribution in [0.3, 0.4) is 0 Å². The fourth-order valence-corrected chi connectivity index (χ4v) is 3.08. The molecule has 0 saturated carbocycles. The van der Waals surface area contributed by atoms with E-state index >= 15 is 0 Å². The number of sulfonamides is 1. The number of rotatable bonds is 3. The summed E-state index contributed by atoms with van der Waals surface area (Å²) in [7, 11) is -3.86. The Morgan fingerprint density at radius 3 is 2.55 bits per heavy atom. The summed E-state index contributed by atoms with van der Waals surface area (Å²) in [5, 5.41) is 0. The number of hydrogen-bond acceptors (Lipinski definition) is 3. The molecule has 2 aromatic carbocycles. The molecule has 2 aromatic rings. The average molecular weight is 359 g/mol. The van der Waals surface area contributed by atoms with Crippen LogP contribution < -0.4 is 10.5 Å². The van der Waals surface area contributed by atoms with Gasteiger partial charge in [0, 0.05) is 4.47 Å². The van der Waals surface area contributed by atoms with Crippen LogP contribution in [0.4, 0.5) is 15.8 Å². The second-order valence-electron chi connectivity index (χ2n) is 4.25. The van der Waals surface area contributed by atoms with E-state index in [1.807, 2.05) is 0 Å². The molecule has 0 aromatic heterocycles. The van der Waals surface area contributed by atoms with Crippen LogP contribution in [0.1, 0.15) is 5.56 Å². The van der Waals surface area contributed by atoms with Crippen LogP contribution in [0.5, 0.6) is 0 Å². The van der Waals surface area contributed by atoms with E-state index in [4.69, 9.17) is 5.73 Å². The van der Waals surface area contributed by atoms with Crippen LogP contribution in [0.2, 0.25) is 0 Å². The normalized spacial score (nSPS) is 11.3. The van der Waals surface area contributed by atoms with Gasteiger partial charge in [0.2, 0.25) is 0 Å². The van der Waals surface area contributed by atoms with Gasteiger partial charge in [-0.3, -0.25) is 4.72 Å². The van der Waals surface area contributed by atoms with E-state index in [9.17, 15) is 12.8 Å². The lowest BCUT2D eigenvalue weighted by Gasteiger charge is -2.11. The number of halogens is 2. The summed E-state index contributed by atoms with van der Waals surface area (Å²) in [5.41, 5.74) is 6.42. The highest BCUT2D eigenvalue weighted by Gasteiger charge is 2.17. The maximum atomic E-state index is 13.4. The Morgan fingerprint density at radius 1 is 1.20 bits per heavy atom. The monoisotopic (exact) mass is 358 g/mol. The molecular formula is C13H12BrFN2O2S. The molecule has 0 aliphatic heterocycles. The van der Waals surface area contributed by atoms with Gasteiger partial charge in [0.25, 0.3) is 10.0 Å². The second kappa shape index (κ2) is 5.41. The standard InChI is InChI=1S/C13H12BrFN2O2S/c1-8-2-3-9(14)6-13(8)17-20(18,19)10-4-5-12(16)11(15)7-10/h2-7,17H,16H2,1H3. The van der Waals surface area contributed by atoms with Crippen molar-refractivity contribution in [2.45, 2.75) is 11.8 Å². The van der Waals surface area contributed by atoms with Gasteiger partial charge in [-0.2, -0.15) is 0 Å². The number of anilines is 2. The largest absolute Gasteiger partial charge is 0.396 e. The molecule has 0 aliphatic carbocycles. The third kappa shape index (κ3) is 3.10. The fourth-order valence-electron chi connectivity index (χ4n) is 1.58. The second-order valence-corrected chi connectivity index (χ2v) is 6.85. The molecule has 0 amide bonds. The van der Waals surface area contributed by atoms with Gasteiger partial charge >= 0.3 is 0 Å². The van der Waals surface area contributed by atoms with Crippen molar-refractivity contribution in [1.82, 2.24) is 0 Å². The Balaban J connectivity index is 2.40. The van der Waals surface area contributed by atoms with Crippen LogP contribution in [0, 0.1) is 12.7 Å². The van der Waals surface area contributed by atoms with Crippen molar-refractivity contribution in [2.75, 3.05) is 10.5 Å². The highest BCUT2D eigenvalue weighted by Crippen LogP contribution is 2.24. The smallest absolute Gasteiger partial charge is 0.262 e. The number of hydrogen-bond donors (Lipinski definition) is 2. The summed E-state index contributed by atoms with van der Waals surface area (Å²) in [6.07, 6.45) is 0. The number of nitrogens with two attached hydrogens (primary N) is 1. The van der Waals surface area contributed by atoms with E-state index < -0.39 is 15.8 Å². The number of nitrogen functional groups attached to an aromatic ring is 1. The van der Waals surface area contributed by atoms with Crippen molar-refractivity contribution < 1.29 is 12.8 Å². The Morgan fingerprint density at radius 2 is 1.90 bits per heavy atom. The van der Waals surface area contributed by atoms with E-state index in [-0.39, 0.29) is 10.6 Å². The molecule has 0 radical (unpaired) electrons. The Labute approximate surface area is 125 Å². The first kappa shape index (κ1) is 14.8. The van der Waals surface area contributed by atoms with Crippen LogP contribution in [-0.2, 0) is 10.0 Å². The molecule has 0 unspecified atom stereocenters. The van der Waals surface area contributed by atoms with Crippen molar-refractivity contribution in [3.05, 3.63) is 52.3 Å². The number of aryl methyl sites for hydroxylation is 1. The summed E-state index contributed by atoms with van der Waals surface area (Å²) < 4.78 is 40.9. The minimum absolute atomic E-state index is 0.0948. The van der Waals surface area contributed by atoms with Crippen LogP contribution >= 0.6 is 15.9 Å². The van der Waals surface area contributed by atoms with Crippen molar-refractivity contribution in [2.24, 2.45) is 0 Å². The van der Waals surface area contributed by atoms with E-state index in [2.05, 4.69) is 20.7 Å². The van der Waals surface area contributed by atoms with Crippen LogP contribution in [-0.4, -0.2) is 8.42 Å². The molecule has 20 heavy (non-hydrogen) atoms. The van der Waals surface area contributed by atoms with Gasteiger partial charge in [0.05, 0.1) is 16.3 Å². The first-order chi connectivity index (χ1) is 9.29. The molecular weight excluding hydrogens is 347 g/mol. The summed E-state index contributed by atoms with van der Waals surface area (Å²) in [4.78, 5) is -0.177. The molecule has 7 heteroatoms. The van der Waals surface area contributed by atoms with E-state index in [0.29, 0.717) is 5.69 Å². The molecule has 4 nitrogen and oxygen atoms in total. The molecule has 0 aliphatic rings. The zero-order valence-electron chi connectivity index (χ0n) is 10.5. The fraction of sp³-hybridized carbons (Fsp3) is 0.0769. The van der Waals surface area contributed by atoms with Gasteiger partial charge in [0.1, 0.15) is 5.82 Å². The summed E-state index contributed by atoms with van der Waals surface area (Å²) in [6, 6.07) is 8.58. The Kier molecular flexibility index (Phi) is 4.01. The lowest BCUT2D eigenvalue weighted by molar-refractivity contribution is 0.596. The maximum Gasteiger partial charge on any atom is 0.262 e.